The molecule has 1 aromatic rings. The Morgan fingerprint density at radius 3 is 2.71 bits per heavy atom. The standard InChI is InChI=1S/C17H24O4/c1-5-21-15(18)16(3)9-6-10-17(16,19)13-11-12(2)7-8-14(13)20-4/h7-8,11,19H,5-6,9-10H2,1-4H3/t16-,17-/m0/s1. The molecule has 1 saturated carbocycles. The fourth-order valence-electron chi connectivity index (χ4n) is 3.32. The summed E-state index contributed by atoms with van der Waals surface area (Å²) in [5.74, 6) is 0.272. The molecular weight excluding hydrogens is 268 g/mol. The van der Waals surface area contributed by atoms with Crippen molar-refractivity contribution in [1.82, 2.24) is 0 Å². The van der Waals surface area contributed by atoms with Gasteiger partial charge >= 0.3 is 5.97 Å². The summed E-state index contributed by atoms with van der Waals surface area (Å²) in [4.78, 5) is 12.4. The van der Waals surface area contributed by atoms with Crippen LogP contribution in [0.3, 0.4) is 0 Å². The molecule has 0 bridgehead atoms. The van der Waals surface area contributed by atoms with E-state index in [4.69, 9.17) is 9.47 Å². The van der Waals surface area contributed by atoms with Gasteiger partial charge in [-0.3, -0.25) is 4.79 Å². The number of rotatable bonds is 4. The number of carbonyl (C=O) groups excluding carboxylic acids is 1. The number of methoxy groups -OCH3 is 1. The molecule has 0 heterocycles. The number of aryl methyl sites for hydroxylation is 1. The van der Waals surface area contributed by atoms with E-state index in [1.54, 1.807) is 21.0 Å². The lowest BCUT2D eigenvalue weighted by Crippen LogP contribution is -2.46. The first-order valence-corrected chi connectivity index (χ1v) is 7.44. The van der Waals surface area contributed by atoms with Crippen molar-refractivity contribution < 1.29 is 19.4 Å². The van der Waals surface area contributed by atoms with Crippen molar-refractivity contribution in [2.75, 3.05) is 13.7 Å². The monoisotopic (exact) mass is 292 g/mol. The molecule has 21 heavy (non-hydrogen) atoms. The van der Waals surface area contributed by atoms with Crippen LogP contribution >= 0.6 is 0 Å². The van der Waals surface area contributed by atoms with Gasteiger partial charge in [0, 0.05) is 5.56 Å². The first-order chi connectivity index (χ1) is 9.89. The topological polar surface area (TPSA) is 55.8 Å². The number of ether oxygens (including phenoxy) is 2. The third kappa shape index (κ3) is 2.42. The van der Waals surface area contributed by atoms with Crippen molar-refractivity contribution in [2.45, 2.75) is 45.6 Å². The minimum Gasteiger partial charge on any atom is -0.496 e. The van der Waals surface area contributed by atoms with Gasteiger partial charge in [-0.2, -0.15) is 0 Å². The summed E-state index contributed by atoms with van der Waals surface area (Å²) in [6.45, 7) is 5.85. The molecule has 1 N–H and O–H groups in total. The van der Waals surface area contributed by atoms with Crippen molar-refractivity contribution in [3.8, 4) is 5.75 Å². The van der Waals surface area contributed by atoms with E-state index in [0.29, 0.717) is 30.8 Å². The highest BCUT2D eigenvalue weighted by Crippen LogP contribution is 2.55. The second-order valence-electron chi connectivity index (χ2n) is 5.97. The minimum atomic E-state index is -1.25. The fourth-order valence-corrected chi connectivity index (χ4v) is 3.32. The van der Waals surface area contributed by atoms with Gasteiger partial charge < -0.3 is 14.6 Å². The summed E-state index contributed by atoms with van der Waals surface area (Å²) < 4.78 is 10.6. The number of aliphatic hydroxyl groups is 1. The molecule has 116 valence electrons. The van der Waals surface area contributed by atoms with E-state index >= 15 is 0 Å². The van der Waals surface area contributed by atoms with Crippen molar-refractivity contribution in [3.63, 3.8) is 0 Å². The maximum absolute atomic E-state index is 12.4. The third-order valence-corrected chi connectivity index (χ3v) is 4.65. The smallest absolute Gasteiger partial charge is 0.315 e. The summed E-state index contributed by atoms with van der Waals surface area (Å²) in [6, 6.07) is 5.68. The summed E-state index contributed by atoms with van der Waals surface area (Å²) >= 11 is 0. The normalized spacial score (nSPS) is 28.4. The number of hydrogen-bond donors (Lipinski definition) is 1. The maximum Gasteiger partial charge on any atom is 0.315 e. The van der Waals surface area contributed by atoms with E-state index in [0.717, 1.165) is 12.0 Å². The molecule has 0 saturated heterocycles. The molecule has 0 aliphatic heterocycles. The predicted octanol–water partition coefficient (Wildman–Crippen LogP) is 2.94. The van der Waals surface area contributed by atoms with Crippen LogP contribution in [0.1, 0.15) is 44.2 Å². The van der Waals surface area contributed by atoms with Crippen molar-refractivity contribution in [3.05, 3.63) is 29.3 Å². The van der Waals surface area contributed by atoms with Crippen molar-refractivity contribution in [1.29, 1.82) is 0 Å². The van der Waals surface area contributed by atoms with E-state index in [2.05, 4.69) is 0 Å². The van der Waals surface area contributed by atoms with Gasteiger partial charge in [-0.25, -0.2) is 0 Å². The first kappa shape index (κ1) is 15.8. The largest absolute Gasteiger partial charge is 0.496 e. The van der Waals surface area contributed by atoms with Crippen LogP contribution in [0, 0.1) is 12.3 Å². The quantitative estimate of drug-likeness (QED) is 0.867. The number of hydrogen-bond acceptors (Lipinski definition) is 4. The summed E-state index contributed by atoms with van der Waals surface area (Å²) in [5, 5.41) is 11.3. The van der Waals surface area contributed by atoms with Crippen LogP contribution in [0.4, 0.5) is 0 Å². The van der Waals surface area contributed by atoms with Gasteiger partial charge in [0.2, 0.25) is 0 Å². The second-order valence-corrected chi connectivity index (χ2v) is 5.97. The lowest BCUT2D eigenvalue weighted by atomic mass is 9.71. The lowest BCUT2D eigenvalue weighted by Gasteiger charge is -2.38. The second kappa shape index (κ2) is 5.68. The lowest BCUT2D eigenvalue weighted by molar-refractivity contribution is -0.170. The molecule has 4 nitrogen and oxygen atoms in total. The SMILES string of the molecule is CCOC(=O)[C@]1(C)CCC[C@]1(O)c1cc(C)ccc1OC. The number of esters is 1. The van der Waals surface area contributed by atoms with Crippen LogP contribution in [0.2, 0.25) is 0 Å². The average Bonchev–Trinajstić information content (AvgIpc) is 2.77. The molecule has 0 aromatic heterocycles. The predicted molar refractivity (Wildman–Crippen MR) is 80.2 cm³/mol. The fraction of sp³-hybridized carbons (Fsp3) is 0.588. The Labute approximate surface area is 126 Å². The van der Waals surface area contributed by atoms with Gasteiger partial charge in [0.1, 0.15) is 11.4 Å². The molecule has 1 aliphatic rings. The Bertz CT molecular complexity index is 540. The Morgan fingerprint density at radius 1 is 1.38 bits per heavy atom. The van der Waals surface area contributed by atoms with Crippen molar-refractivity contribution in [2.24, 2.45) is 5.41 Å². The highest BCUT2D eigenvalue weighted by atomic mass is 16.5. The van der Waals surface area contributed by atoms with Crippen LogP contribution < -0.4 is 4.74 Å². The van der Waals surface area contributed by atoms with Gasteiger partial charge in [0.05, 0.1) is 19.1 Å². The zero-order valence-corrected chi connectivity index (χ0v) is 13.2. The van der Waals surface area contributed by atoms with E-state index in [-0.39, 0.29) is 5.97 Å². The van der Waals surface area contributed by atoms with E-state index < -0.39 is 11.0 Å². The molecule has 1 aromatic carbocycles. The zero-order chi connectivity index (χ0) is 15.7. The van der Waals surface area contributed by atoms with Gasteiger partial charge in [0.15, 0.2) is 0 Å². The van der Waals surface area contributed by atoms with Crippen LogP contribution in [0.25, 0.3) is 0 Å². The first-order valence-electron chi connectivity index (χ1n) is 7.44. The molecule has 0 radical (unpaired) electrons. The molecule has 4 heteroatoms. The highest BCUT2D eigenvalue weighted by molar-refractivity contribution is 5.79. The Morgan fingerprint density at radius 2 is 2.10 bits per heavy atom. The molecule has 0 amide bonds. The molecule has 2 atom stereocenters. The van der Waals surface area contributed by atoms with E-state index in [1.807, 2.05) is 25.1 Å². The number of carbonyl (C=O) groups is 1. The summed E-state index contributed by atoms with van der Waals surface area (Å²) in [5.41, 5.74) is -0.490. The third-order valence-electron chi connectivity index (χ3n) is 4.65. The highest BCUT2D eigenvalue weighted by Gasteiger charge is 2.58. The maximum atomic E-state index is 12.4. The van der Waals surface area contributed by atoms with Gasteiger partial charge in [-0.15, -0.1) is 0 Å². The molecule has 1 fully saturated rings. The molecular formula is C17H24O4. The summed E-state index contributed by atoms with van der Waals surface area (Å²) in [7, 11) is 1.58. The molecule has 2 rings (SSSR count). The van der Waals surface area contributed by atoms with Crippen LogP contribution in [0.5, 0.6) is 5.75 Å². The Kier molecular flexibility index (Phi) is 4.28. The van der Waals surface area contributed by atoms with E-state index in [9.17, 15) is 9.90 Å². The van der Waals surface area contributed by atoms with Crippen molar-refractivity contribution >= 4 is 5.97 Å². The van der Waals surface area contributed by atoms with Crippen LogP contribution in [-0.4, -0.2) is 24.8 Å². The van der Waals surface area contributed by atoms with Gasteiger partial charge in [0.25, 0.3) is 0 Å². The molecule has 1 aliphatic carbocycles. The average molecular weight is 292 g/mol. The Hall–Kier alpha value is -1.55. The molecule has 0 unspecified atom stereocenters. The van der Waals surface area contributed by atoms with Gasteiger partial charge in [-0.05, 0) is 52.2 Å². The van der Waals surface area contributed by atoms with Crippen LogP contribution in [0.15, 0.2) is 18.2 Å². The zero-order valence-electron chi connectivity index (χ0n) is 13.2. The van der Waals surface area contributed by atoms with Crippen LogP contribution in [-0.2, 0) is 15.1 Å². The Balaban J connectivity index is 2.54. The number of benzene rings is 1. The minimum absolute atomic E-state index is 0.315. The summed E-state index contributed by atoms with van der Waals surface area (Å²) in [6.07, 6.45) is 1.92. The van der Waals surface area contributed by atoms with Gasteiger partial charge in [-0.1, -0.05) is 11.6 Å². The molecule has 0 spiro atoms. The van der Waals surface area contributed by atoms with E-state index in [1.165, 1.54) is 0 Å².